The van der Waals surface area contributed by atoms with Crippen LogP contribution in [0.1, 0.15) is 73.1 Å². The van der Waals surface area contributed by atoms with Crippen molar-refractivity contribution in [1.29, 1.82) is 0 Å². The van der Waals surface area contributed by atoms with Gasteiger partial charge in [0.2, 0.25) is 0 Å². The van der Waals surface area contributed by atoms with Crippen LogP contribution in [0.25, 0.3) is 0 Å². The Morgan fingerprint density at radius 2 is 1.74 bits per heavy atom. The molecular formula is C19H38N2O2. The molecule has 1 heterocycles. The molecule has 0 bridgehead atoms. The highest BCUT2D eigenvalue weighted by atomic mass is 16.6. The van der Waals surface area contributed by atoms with Gasteiger partial charge in [0.05, 0.1) is 0 Å². The molecule has 1 aliphatic heterocycles. The molecule has 0 spiro atoms. The lowest BCUT2D eigenvalue weighted by atomic mass is 9.93. The van der Waals surface area contributed by atoms with Gasteiger partial charge >= 0.3 is 6.09 Å². The van der Waals surface area contributed by atoms with Crippen LogP contribution in [-0.4, -0.2) is 42.8 Å². The van der Waals surface area contributed by atoms with E-state index in [0.717, 1.165) is 12.5 Å². The van der Waals surface area contributed by atoms with E-state index in [0.29, 0.717) is 5.92 Å². The van der Waals surface area contributed by atoms with Gasteiger partial charge in [0, 0.05) is 13.1 Å². The summed E-state index contributed by atoms with van der Waals surface area (Å²) >= 11 is 0. The summed E-state index contributed by atoms with van der Waals surface area (Å²) in [5.41, 5.74) is -0.416. The van der Waals surface area contributed by atoms with Crippen molar-refractivity contribution < 1.29 is 9.53 Å². The standard InChI is InChI=1S/C19H38N2O2/c1-6-8-17(9-7-2)15-21-12-10-16(11-13-21)14-20-18(22)23-19(3,4)5/h16-17H,6-15H2,1-5H3,(H,20,22). The largest absolute Gasteiger partial charge is 0.444 e. The van der Waals surface area contributed by atoms with Crippen LogP contribution in [0.15, 0.2) is 0 Å². The van der Waals surface area contributed by atoms with Crippen molar-refractivity contribution in [2.24, 2.45) is 11.8 Å². The molecule has 4 nitrogen and oxygen atoms in total. The second-order valence-corrected chi connectivity index (χ2v) is 8.07. The Hall–Kier alpha value is -0.770. The van der Waals surface area contributed by atoms with E-state index < -0.39 is 5.60 Å². The number of nitrogens with zero attached hydrogens (tertiary/aromatic N) is 1. The SMILES string of the molecule is CCCC(CCC)CN1CCC(CNC(=O)OC(C)(C)C)CC1. The molecule has 1 amide bonds. The Morgan fingerprint density at radius 1 is 1.17 bits per heavy atom. The number of ether oxygens (including phenoxy) is 1. The Balaban J connectivity index is 2.23. The second kappa shape index (κ2) is 10.2. The van der Waals surface area contributed by atoms with Crippen LogP contribution < -0.4 is 5.32 Å². The number of nitrogens with one attached hydrogen (secondary N) is 1. The molecule has 1 saturated heterocycles. The summed E-state index contributed by atoms with van der Waals surface area (Å²) in [5, 5.41) is 2.93. The molecule has 0 aliphatic carbocycles. The first kappa shape index (κ1) is 20.3. The molecule has 0 aromatic rings. The Labute approximate surface area is 143 Å². The van der Waals surface area contributed by atoms with E-state index in [4.69, 9.17) is 4.74 Å². The number of hydrogen-bond acceptors (Lipinski definition) is 3. The molecule has 0 unspecified atom stereocenters. The van der Waals surface area contributed by atoms with Crippen molar-refractivity contribution in [1.82, 2.24) is 10.2 Å². The van der Waals surface area contributed by atoms with Gasteiger partial charge in [-0.3, -0.25) is 0 Å². The fraction of sp³-hybridized carbons (Fsp3) is 0.947. The maximum absolute atomic E-state index is 11.7. The minimum absolute atomic E-state index is 0.286. The molecule has 1 rings (SSSR count). The third-order valence-electron chi connectivity index (χ3n) is 4.55. The summed E-state index contributed by atoms with van der Waals surface area (Å²) in [6, 6.07) is 0. The fourth-order valence-electron chi connectivity index (χ4n) is 3.42. The lowest BCUT2D eigenvalue weighted by Crippen LogP contribution is -2.41. The Bertz CT molecular complexity index is 325. The molecule has 0 atom stereocenters. The van der Waals surface area contributed by atoms with Crippen molar-refractivity contribution in [2.45, 2.75) is 78.7 Å². The summed E-state index contributed by atoms with van der Waals surface area (Å²) in [6.45, 7) is 14.6. The molecule has 1 N–H and O–H groups in total. The highest BCUT2D eigenvalue weighted by Crippen LogP contribution is 2.21. The summed E-state index contributed by atoms with van der Waals surface area (Å²) in [4.78, 5) is 14.3. The number of alkyl carbamates (subject to hydrolysis) is 1. The summed E-state index contributed by atoms with van der Waals surface area (Å²) in [7, 11) is 0. The minimum Gasteiger partial charge on any atom is -0.444 e. The average molecular weight is 327 g/mol. The van der Waals surface area contributed by atoms with Crippen molar-refractivity contribution in [3.63, 3.8) is 0 Å². The first-order valence-corrected chi connectivity index (χ1v) is 9.53. The summed E-state index contributed by atoms with van der Waals surface area (Å²) < 4.78 is 5.30. The van der Waals surface area contributed by atoms with Crippen LogP contribution in [0, 0.1) is 11.8 Å². The molecule has 0 saturated carbocycles. The van der Waals surface area contributed by atoms with Crippen LogP contribution >= 0.6 is 0 Å². The van der Waals surface area contributed by atoms with Gasteiger partial charge in [-0.1, -0.05) is 26.7 Å². The van der Waals surface area contributed by atoms with E-state index >= 15 is 0 Å². The van der Waals surface area contributed by atoms with Crippen LogP contribution in [-0.2, 0) is 4.74 Å². The lowest BCUT2D eigenvalue weighted by molar-refractivity contribution is 0.0508. The molecule has 136 valence electrons. The van der Waals surface area contributed by atoms with E-state index in [1.165, 1.54) is 58.2 Å². The number of carbonyl (C=O) groups is 1. The van der Waals surface area contributed by atoms with Crippen LogP contribution in [0.3, 0.4) is 0 Å². The maximum Gasteiger partial charge on any atom is 0.407 e. The number of hydrogen-bond donors (Lipinski definition) is 1. The normalized spacial score (nSPS) is 17.5. The zero-order valence-corrected chi connectivity index (χ0v) is 16.0. The van der Waals surface area contributed by atoms with Gasteiger partial charge in [-0.25, -0.2) is 4.79 Å². The number of carbonyl (C=O) groups excluding carboxylic acids is 1. The van der Waals surface area contributed by atoms with Gasteiger partial charge in [0.25, 0.3) is 0 Å². The van der Waals surface area contributed by atoms with Crippen molar-refractivity contribution in [2.75, 3.05) is 26.2 Å². The minimum atomic E-state index is -0.416. The highest BCUT2D eigenvalue weighted by Gasteiger charge is 2.22. The number of likely N-dealkylation sites (tertiary alicyclic amines) is 1. The molecule has 1 aliphatic rings. The van der Waals surface area contributed by atoms with Crippen LogP contribution in [0.5, 0.6) is 0 Å². The smallest absolute Gasteiger partial charge is 0.407 e. The van der Waals surface area contributed by atoms with Crippen molar-refractivity contribution >= 4 is 6.09 Å². The van der Waals surface area contributed by atoms with Gasteiger partial charge < -0.3 is 15.0 Å². The third-order valence-corrected chi connectivity index (χ3v) is 4.55. The lowest BCUT2D eigenvalue weighted by Gasteiger charge is -2.34. The van der Waals surface area contributed by atoms with Crippen LogP contribution in [0.4, 0.5) is 4.79 Å². The highest BCUT2D eigenvalue weighted by molar-refractivity contribution is 5.67. The fourth-order valence-corrected chi connectivity index (χ4v) is 3.42. The van der Waals surface area contributed by atoms with Gasteiger partial charge in [-0.2, -0.15) is 0 Å². The zero-order chi connectivity index (χ0) is 17.3. The summed E-state index contributed by atoms with van der Waals surface area (Å²) in [5.74, 6) is 1.45. The predicted octanol–water partition coefficient (Wildman–Crippen LogP) is 4.44. The van der Waals surface area contributed by atoms with Crippen molar-refractivity contribution in [3.05, 3.63) is 0 Å². The van der Waals surface area contributed by atoms with Gasteiger partial charge in [0.1, 0.15) is 5.60 Å². The molecule has 0 aromatic carbocycles. The first-order chi connectivity index (χ1) is 10.8. The molecule has 4 heteroatoms. The second-order valence-electron chi connectivity index (χ2n) is 8.07. The monoisotopic (exact) mass is 326 g/mol. The van der Waals surface area contributed by atoms with Crippen LogP contribution in [0.2, 0.25) is 0 Å². The molecule has 23 heavy (non-hydrogen) atoms. The third kappa shape index (κ3) is 9.19. The number of piperidine rings is 1. The summed E-state index contributed by atoms with van der Waals surface area (Å²) in [6.07, 6.45) is 7.37. The Kier molecular flexibility index (Phi) is 8.96. The number of amides is 1. The molecule has 0 radical (unpaired) electrons. The predicted molar refractivity (Wildman–Crippen MR) is 96.7 cm³/mol. The molecule has 1 fully saturated rings. The van der Waals surface area contributed by atoms with E-state index in [1.54, 1.807) is 0 Å². The van der Waals surface area contributed by atoms with Crippen molar-refractivity contribution in [3.8, 4) is 0 Å². The average Bonchev–Trinajstić information content (AvgIpc) is 2.45. The first-order valence-electron chi connectivity index (χ1n) is 9.53. The maximum atomic E-state index is 11.7. The Morgan fingerprint density at radius 3 is 2.22 bits per heavy atom. The quantitative estimate of drug-likeness (QED) is 0.717. The van der Waals surface area contributed by atoms with E-state index in [-0.39, 0.29) is 6.09 Å². The van der Waals surface area contributed by atoms with E-state index in [1.807, 2.05) is 20.8 Å². The molecule has 0 aromatic heterocycles. The van der Waals surface area contributed by atoms with E-state index in [2.05, 4.69) is 24.1 Å². The van der Waals surface area contributed by atoms with Gasteiger partial charge in [0.15, 0.2) is 0 Å². The van der Waals surface area contributed by atoms with Gasteiger partial charge in [-0.05, 0) is 71.4 Å². The van der Waals surface area contributed by atoms with E-state index in [9.17, 15) is 4.79 Å². The van der Waals surface area contributed by atoms with Gasteiger partial charge in [-0.15, -0.1) is 0 Å². The number of rotatable bonds is 8. The topological polar surface area (TPSA) is 41.6 Å². The zero-order valence-electron chi connectivity index (χ0n) is 16.0. The molecular weight excluding hydrogens is 288 g/mol.